The van der Waals surface area contributed by atoms with Crippen LogP contribution >= 0.6 is 0 Å². The maximum absolute atomic E-state index is 13.6. The van der Waals surface area contributed by atoms with Crippen LogP contribution in [-0.2, 0) is 9.59 Å². The lowest BCUT2D eigenvalue weighted by Gasteiger charge is -2.16. The molecular formula is C17H17FN4O4. The van der Waals surface area contributed by atoms with Crippen LogP contribution in [0.25, 0.3) is 0 Å². The van der Waals surface area contributed by atoms with Crippen molar-refractivity contribution in [2.45, 2.75) is 19.9 Å². The van der Waals surface area contributed by atoms with Crippen molar-refractivity contribution in [2.75, 3.05) is 16.0 Å². The van der Waals surface area contributed by atoms with Crippen LogP contribution < -0.4 is 16.0 Å². The lowest BCUT2D eigenvalue weighted by Crippen LogP contribution is -2.32. The molecule has 26 heavy (non-hydrogen) atoms. The minimum atomic E-state index is -0.773. The van der Waals surface area contributed by atoms with E-state index in [4.69, 9.17) is 0 Å². The van der Waals surface area contributed by atoms with Crippen LogP contribution in [0.3, 0.4) is 0 Å². The van der Waals surface area contributed by atoms with Gasteiger partial charge in [0.2, 0.25) is 11.8 Å². The number of nitrogens with one attached hydrogen (secondary N) is 3. The van der Waals surface area contributed by atoms with Crippen molar-refractivity contribution in [2.24, 2.45) is 0 Å². The van der Waals surface area contributed by atoms with E-state index in [-0.39, 0.29) is 17.1 Å². The molecule has 0 fully saturated rings. The molecule has 0 radical (unpaired) electrons. The maximum atomic E-state index is 13.6. The number of rotatable bonds is 6. The van der Waals surface area contributed by atoms with Gasteiger partial charge in [0.25, 0.3) is 5.69 Å². The smallest absolute Gasteiger partial charge is 0.292 e. The Bertz CT molecular complexity index is 856. The van der Waals surface area contributed by atoms with Gasteiger partial charge >= 0.3 is 0 Å². The molecule has 0 aliphatic carbocycles. The number of halogens is 1. The van der Waals surface area contributed by atoms with Gasteiger partial charge in [0.1, 0.15) is 17.5 Å². The molecule has 0 saturated carbocycles. The highest BCUT2D eigenvalue weighted by molar-refractivity contribution is 5.98. The van der Waals surface area contributed by atoms with Gasteiger partial charge in [-0.2, -0.15) is 0 Å². The fourth-order valence-corrected chi connectivity index (χ4v) is 2.20. The maximum Gasteiger partial charge on any atom is 0.292 e. The van der Waals surface area contributed by atoms with Crippen LogP contribution in [0.4, 0.5) is 27.1 Å². The van der Waals surface area contributed by atoms with Crippen LogP contribution in [0.15, 0.2) is 42.5 Å². The SMILES string of the molecule is CC(=O)Nc1cc(NC(C)C(=O)Nc2ccccc2[N+](=O)[O-])ccc1F. The first-order chi connectivity index (χ1) is 12.3. The zero-order valence-corrected chi connectivity index (χ0v) is 14.1. The number of para-hydroxylation sites is 2. The van der Waals surface area contributed by atoms with E-state index in [0.717, 1.165) is 6.07 Å². The van der Waals surface area contributed by atoms with Gasteiger partial charge in [0.05, 0.1) is 10.6 Å². The summed E-state index contributed by atoms with van der Waals surface area (Å²) < 4.78 is 13.6. The third-order valence-corrected chi connectivity index (χ3v) is 3.41. The van der Waals surface area contributed by atoms with Crippen LogP contribution in [0.5, 0.6) is 0 Å². The summed E-state index contributed by atoms with van der Waals surface area (Å²) in [5.74, 6) is -1.55. The van der Waals surface area contributed by atoms with E-state index in [9.17, 15) is 24.1 Å². The number of amides is 2. The Hall–Kier alpha value is -3.49. The molecule has 0 aromatic heterocycles. The van der Waals surface area contributed by atoms with Crippen molar-refractivity contribution in [1.82, 2.24) is 0 Å². The van der Waals surface area contributed by atoms with Gasteiger partial charge in [-0.05, 0) is 31.2 Å². The fourth-order valence-electron chi connectivity index (χ4n) is 2.20. The van der Waals surface area contributed by atoms with E-state index in [1.165, 1.54) is 37.3 Å². The molecule has 0 spiro atoms. The number of carbonyl (C=O) groups is 2. The number of nitro groups is 1. The molecule has 1 atom stereocenters. The Balaban J connectivity index is 2.10. The molecule has 1 unspecified atom stereocenters. The van der Waals surface area contributed by atoms with Crippen molar-refractivity contribution < 1.29 is 18.9 Å². The molecule has 8 nitrogen and oxygen atoms in total. The third-order valence-electron chi connectivity index (χ3n) is 3.41. The molecule has 3 N–H and O–H groups in total. The number of anilines is 3. The number of carbonyl (C=O) groups excluding carboxylic acids is 2. The standard InChI is InChI=1S/C17H17FN4O4/c1-10(17(24)21-14-5-3-4-6-16(14)22(25)26)19-12-7-8-13(18)15(9-12)20-11(2)23/h3-10,19H,1-2H3,(H,20,23)(H,21,24). The van der Waals surface area contributed by atoms with Gasteiger partial charge < -0.3 is 16.0 Å². The second-order valence-electron chi connectivity index (χ2n) is 5.51. The summed E-state index contributed by atoms with van der Waals surface area (Å²) in [6.07, 6.45) is 0. The highest BCUT2D eigenvalue weighted by atomic mass is 19.1. The molecule has 9 heteroatoms. The average Bonchev–Trinajstić information content (AvgIpc) is 2.57. The number of hydrogen-bond acceptors (Lipinski definition) is 5. The molecule has 0 saturated heterocycles. The highest BCUT2D eigenvalue weighted by Gasteiger charge is 2.19. The Morgan fingerprint density at radius 3 is 2.46 bits per heavy atom. The predicted octanol–water partition coefficient (Wildman–Crippen LogP) is 3.13. The van der Waals surface area contributed by atoms with Crippen LogP contribution in [0.2, 0.25) is 0 Å². The first kappa shape index (κ1) is 18.8. The van der Waals surface area contributed by atoms with Gasteiger partial charge in [-0.3, -0.25) is 19.7 Å². The number of hydrogen-bond donors (Lipinski definition) is 3. The monoisotopic (exact) mass is 360 g/mol. The largest absolute Gasteiger partial charge is 0.374 e. The molecule has 0 bridgehead atoms. The Labute approximate surface area is 148 Å². The van der Waals surface area contributed by atoms with Crippen molar-refractivity contribution in [3.05, 3.63) is 58.4 Å². The summed E-state index contributed by atoms with van der Waals surface area (Å²) in [5.41, 5.74) is 0.242. The van der Waals surface area contributed by atoms with E-state index in [2.05, 4.69) is 16.0 Å². The number of benzene rings is 2. The zero-order chi connectivity index (χ0) is 19.3. The van der Waals surface area contributed by atoms with Crippen molar-refractivity contribution in [3.8, 4) is 0 Å². The van der Waals surface area contributed by atoms with E-state index >= 15 is 0 Å². The Kier molecular flexibility index (Phi) is 5.84. The van der Waals surface area contributed by atoms with Crippen LogP contribution in [0, 0.1) is 15.9 Å². The molecule has 0 aliphatic rings. The summed E-state index contributed by atoms with van der Waals surface area (Å²) in [7, 11) is 0. The van der Waals surface area contributed by atoms with Gasteiger partial charge in [-0.15, -0.1) is 0 Å². The molecule has 136 valence electrons. The highest BCUT2D eigenvalue weighted by Crippen LogP contribution is 2.24. The van der Waals surface area contributed by atoms with E-state index in [0.29, 0.717) is 5.69 Å². The lowest BCUT2D eigenvalue weighted by atomic mass is 10.2. The third kappa shape index (κ3) is 4.76. The molecule has 2 amide bonds. The first-order valence-corrected chi connectivity index (χ1v) is 7.66. The quantitative estimate of drug-likeness (QED) is 0.541. The normalized spacial score (nSPS) is 11.3. The second-order valence-corrected chi connectivity index (χ2v) is 5.51. The topological polar surface area (TPSA) is 113 Å². The van der Waals surface area contributed by atoms with Crippen LogP contribution in [-0.4, -0.2) is 22.8 Å². The molecule has 2 rings (SSSR count). The molecule has 2 aromatic carbocycles. The fraction of sp³-hybridized carbons (Fsp3) is 0.176. The molecule has 0 aliphatic heterocycles. The zero-order valence-electron chi connectivity index (χ0n) is 14.1. The summed E-state index contributed by atoms with van der Waals surface area (Å²) in [6, 6.07) is 8.92. The van der Waals surface area contributed by atoms with E-state index in [1.54, 1.807) is 13.0 Å². The van der Waals surface area contributed by atoms with Crippen LogP contribution in [0.1, 0.15) is 13.8 Å². The number of nitrogens with zero attached hydrogens (tertiary/aromatic N) is 1. The Morgan fingerprint density at radius 1 is 1.12 bits per heavy atom. The van der Waals surface area contributed by atoms with Crippen molar-refractivity contribution in [1.29, 1.82) is 0 Å². The molecule has 2 aromatic rings. The molecule has 0 heterocycles. The minimum absolute atomic E-state index is 0.0196. The summed E-state index contributed by atoms with van der Waals surface area (Å²) in [6.45, 7) is 2.80. The predicted molar refractivity (Wildman–Crippen MR) is 95.5 cm³/mol. The average molecular weight is 360 g/mol. The number of nitro benzene ring substituents is 1. The molecular weight excluding hydrogens is 343 g/mol. The minimum Gasteiger partial charge on any atom is -0.374 e. The summed E-state index contributed by atoms with van der Waals surface area (Å²) >= 11 is 0. The summed E-state index contributed by atoms with van der Waals surface area (Å²) in [5, 5.41) is 18.7. The first-order valence-electron chi connectivity index (χ1n) is 7.66. The summed E-state index contributed by atoms with van der Waals surface area (Å²) in [4.78, 5) is 33.8. The van der Waals surface area contributed by atoms with E-state index < -0.39 is 28.6 Å². The Morgan fingerprint density at radius 2 is 1.81 bits per heavy atom. The van der Waals surface area contributed by atoms with E-state index in [1.807, 2.05) is 0 Å². The van der Waals surface area contributed by atoms with Gasteiger partial charge in [-0.1, -0.05) is 12.1 Å². The lowest BCUT2D eigenvalue weighted by molar-refractivity contribution is -0.383. The van der Waals surface area contributed by atoms with Crippen molar-refractivity contribution >= 4 is 34.6 Å². The van der Waals surface area contributed by atoms with Gasteiger partial charge in [0, 0.05) is 18.7 Å². The van der Waals surface area contributed by atoms with Gasteiger partial charge in [-0.25, -0.2) is 4.39 Å². The van der Waals surface area contributed by atoms with Gasteiger partial charge in [0.15, 0.2) is 0 Å². The second kappa shape index (κ2) is 8.06. The van der Waals surface area contributed by atoms with Crippen molar-refractivity contribution in [3.63, 3.8) is 0 Å².